The summed E-state index contributed by atoms with van der Waals surface area (Å²) < 4.78 is 13.0. The molecule has 26 heavy (non-hydrogen) atoms. The van der Waals surface area contributed by atoms with Gasteiger partial charge < -0.3 is 0 Å². The molecule has 4 heteroatoms. The summed E-state index contributed by atoms with van der Waals surface area (Å²) in [5.74, 6) is 0.434. The molecule has 0 saturated carbocycles. The van der Waals surface area contributed by atoms with Crippen LogP contribution in [0.25, 0.3) is 0 Å². The Bertz CT molecular complexity index is 711. The van der Waals surface area contributed by atoms with Crippen LogP contribution in [0.3, 0.4) is 0 Å². The van der Waals surface area contributed by atoms with E-state index in [4.69, 9.17) is 4.99 Å². The van der Waals surface area contributed by atoms with Gasteiger partial charge in [0.05, 0.1) is 10.7 Å². The molecular formula is C22H26FNS2. The van der Waals surface area contributed by atoms with Crippen molar-refractivity contribution in [2.24, 2.45) is 10.9 Å². The van der Waals surface area contributed by atoms with E-state index in [9.17, 15) is 4.39 Å². The molecule has 1 nitrogen and oxygen atoms in total. The molecular weight excluding hydrogens is 361 g/mol. The van der Waals surface area contributed by atoms with E-state index in [-0.39, 0.29) is 5.82 Å². The number of halogens is 1. The van der Waals surface area contributed by atoms with E-state index in [2.05, 4.69) is 26.8 Å². The van der Waals surface area contributed by atoms with Crippen LogP contribution in [0.4, 0.5) is 10.1 Å². The zero-order chi connectivity index (χ0) is 18.8. The standard InChI is InChI=1S/C22H26FNS2/c1-4-17(3)21(5-2)26-22(24-19-9-7-6-8-10-19)15-16-25-20-13-11-18(23)12-14-20/h6-17,21H,4-5H2,1-3H3. The molecule has 0 N–H and O–H groups in total. The van der Waals surface area contributed by atoms with E-state index >= 15 is 0 Å². The van der Waals surface area contributed by atoms with Crippen LogP contribution in [0.2, 0.25) is 0 Å². The molecule has 0 aliphatic rings. The fourth-order valence-corrected chi connectivity index (χ4v) is 4.38. The van der Waals surface area contributed by atoms with Crippen molar-refractivity contribution in [1.29, 1.82) is 0 Å². The molecule has 0 aliphatic carbocycles. The minimum absolute atomic E-state index is 0.209. The van der Waals surface area contributed by atoms with Gasteiger partial charge in [0.15, 0.2) is 0 Å². The molecule has 0 fully saturated rings. The third-order valence-corrected chi connectivity index (χ3v) is 6.56. The Morgan fingerprint density at radius 1 is 1.04 bits per heavy atom. The maximum absolute atomic E-state index is 13.0. The van der Waals surface area contributed by atoms with E-state index in [0.29, 0.717) is 11.2 Å². The molecule has 0 bridgehead atoms. The number of aliphatic imine (C=N–C) groups is 1. The first-order valence-corrected chi connectivity index (χ1v) is 10.8. The van der Waals surface area contributed by atoms with Gasteiger partial charge in [0.25, 0.3) is 0 Å². The zero-order valence-electron chi connectivity index (χ0n) is 15.6. The highest BCUT2D eigenvalue weighted by molar-refractivity contribution is 8.15. The fourth-order valence-electron chi connectivity index (χ4n) is 2.44. The first-order chi connectivity index (χ1) is 12.6. The predicted molar refractivity (Wildman–Crippen MR) is 116 cm³/mol. The highest BCUT2D eigenvalue weighted by Crippen LogP contribution is 2.29. The Labute approximate surface area is 165 Å². The summed E-state index contributed by atoms with van der Waals surface area (Å²) in [6.45, 7) is 6.78. The van der Waals surface area contributed by atoms with Gasteiger partial charge in [-0.25, -0.2) is 9.38 Å². The van der Waals surface area contributed by atoms with Crippen LogP contribution in [0.15, 0.2) is 76.0 Å². The number of para-hydroxylation sites is 1. The third kappa shape index (κ3) is 7.00. The number of nitrogens with zero attached hydrogens (tertiary/aromatic N) is 1. The molecule has 0 saturated heterocycles. The lowest BCUT2D eigenvalue weighted by Crippen LogP contribution is -2.14. The van der Waals surface area contributed by atoms with E-state index in [1.807, 2.05) is 47.5 Å². The molecule has 0 amide bonds. The van der Waals surface area contributed by atoms with Crippen molar-refractivity contribution in [3.63, 3.8) is 0 Å². The van der Waals surface area contributed by atoms with E-state index < -0.39 is 0 Å². The second kappa shape index (κ2) is 11.2. The van der Waals surface area contributed by atoms with Crippen molar-refractivity contribution in [2.45, 2.75) is 43.8 Å². The Morgan fingerprint density at radius 2 is 1.73 bits per heavy atom. The van der Waals surface area contributed by atoms with E-state index in [1.165, 1.54) is 12.1 Å². The van der Waals surface area contributed by atoms with Crippen molar-refractivity contribution in [3.8, 4) is 0 Å². The minimum Gasteiger partial charge on any atom is -0.242 e. The van der Waals surface area contributed by atoms with Gasteiger partial charge in [0, 0.05) is 10.1 Å². The highest BCUT2D eigenvalue weighted by Gasteiger charge is 2.16. The summed E-state index contributed by atoms with van der Waals surface area (Å²) in [6.07, 6.45) is 4.35. The molecule has 2 unspecified atom stereocenters. The lowest BCUT2D eigenvalue weighted by atomic mass is 10.0. The van der Waals surface area contributed by atoms with Crippen LogP contribution < -0.4 is 0 Å². The maximum atomic E-state index is 13.0. The van der Waals surface area contributed by atoms with Crippen LogP contribution in [-0.4, -0.2) is 10.3 Å². The van der Waals surface area contributed by atoms with Gasteiger partial charge >= 0.3 is 0 Å². The Morgan fingerprint density at radius 3 is 2.35 bits per heavy atom. The van der Waals surface area contributed by atoms with Gasteiger partial charge in [-0.3, -0.25) is 0 Å². The number of rotatable bonds is 8. The average Bonchev–Trinajstić information content (AvgIpc) is 2.67. The van der Waals surface area contributed by atoms with Gasteiger partial charge in [0.1, 0.15) is 5.82 Å². The zero-order valence-corrected chi connectivity index (χ0v) is 17.2. The van der Waals surface area contributed by atoms with Gasteiger partial charge in [-0.2, -0.15) is 0 Å². The van der Waals surface area contributed by atoms with E-state index in [1.54, 1.807) is 23.9 Å². The summed E-state index contributed by atoms with van der Waals surface area (Å²) in [4.78, 5) is 5.84. The third-order valence-electron chi connectivity index (χ3n) is 4.18. The van der Waals surface area contributed by atoms with Crippen LogP contribution >= 0.6 is 23.5 Å². The van der Waals surface area contributed by atoms with Crippen molar-refractivity contribution in [1.82, 2.24) is 0 Å². The quantitative estimate of drug-likeness (QED) is 0.261. The van der Waals surface area contributed by atoms with E-state index in [0.717, 1.165) is 28.5 Å². The molecule has 0 heterocycles. The summed E-state index contributed by atoms with van der Waals surface area (Å²) in [5.41, 5.74) is 0.963. The minimum atomic E-state index is -0.209. The predicted octanol–water partition coefficient (Wildman–Crippen LogP) is 7.72. The van der Waals surface area contributed by atoms with Gasteiger partial charge in [-0.05, 0) is 60.2 Å². The lowest BCUT2D eigenvalue weighted by molar-refractivity contribution is 0.526. The van der Waals surface area contributed by atoms with Crippen LogP contribution in [-0.2, 0) is 0 Å². The first kappa shape index (κ1) is 20.8. The molecule has 2 atom stereocenters. The van der Waals surface area contributed by atoms with Crippen molar-refractivity contribution in [2.75, 3.05) is 0 Å². The SMILES string of the molecule is CCC(C)C(CC)SC(C=CSc1ccc(F)cc1)=Nc1ccccc1. The molecule has 0 aliphatic heterocycles. The second-order valence-corrected chi connectivity index (χ2v) is 8.35. The highest BCUT2D eigenvalue weighted by atomic mass is 32.2. The first-order valence-electron chi connectivity index (χ1n) is 9.01. The summed E-state index contributed by atoms with van der Waals surface area (Å²) >= 11 is 3.42. The Kier molecular flexibility index (Phi) is 8.99. The maximum Gasteiger partial charge on any atom is 0.123 e. The molecule has 2 rings (SSSR count). The number of thioether (sulfide) groups is 2. The van der Waals surface area contributed by atoms with Crippen molar-refractivity contribution >= 4 is 34.3 Å². The molecule has 138 valence electrons. The summed E-state index contributed by atoms with van der Waals surface area (Å²) in [7, 11) is 0. The van der Waals surface area contributed by atoms with Gasteiger partial charge in [-0.1, -0.05) is 57.2 Å². The molecule has 0 radical (unpaired) electrons. The smallest absolute Gasteiger partial charge is 0.123 e. The van der Waals surface area contributed by atoms with Crippen LogP contribution in [0.1, 0.15) is 33.6 Å². The number of hydrogen-bond donors (Lipinski definition) is 0. The second-order valence-electron chi connectivity index (χ2n) is 6.11. The molecule has 2 aromatic rings. The molecule has 2 aromatic carbocycles. The van der Waals surface area contributed by atoms with Crippen molar-refractivity contribution in [3.05, 3.63) is 71.9 Å². The number of benzene rings is 2. The average molecular weight is 388 g/mol. The van der Waals surface area contributed by atoms with Crippen LogP contribution in [0.5, 0.6) is 0 Å². The number of hydrogen-bond acceptors (Lipinski definition) is 3. The largest absolute Gasteiger partial charge is 0.242 e. The fraction of sp³-hybridized carbons (Fsp3) is 0.318. The monoisotopic (exact) mass is 387 g/mol. The normalized spacial score (nSPS) is 14.5. The Hall–Kier alpha value is -1.52. The summed E-state index contributed by atoms with van der Waals surface area (Å²) in [5, 5.41) is 3.59. The van der Waals surface area contributed by atoms with Gasteiger partial charge in [-0.15, -0.1) is 11.8 Å². The lowest BCUT2D eigenvalue weighted by Gasteiger charge is -2.20. The molecule has 0 aromatic heterocycles. The summed E-state index contributed by atoms with van der Waals surface area (Å²) in [6, 6.07) is 16.6. The van der Waals surface area contributed by atoms with Crippen LogP contribution in [0, 0.1) is 11.7 Å². The molecule has 0 spiro atoms. The topological polar surface area (TPSA) is 12.4 Å². The Balaban J connectivity index is 2.15. The van der Waals surface area contributed by atoms with Gasteiger partial charge in [0.2, 0.25) is 0 Å². The van der Waals surface area contributed by atoms with Crippen molar-refractivity contribution < 1.29 is 4.39 Å².